The first-order chi connectivity index (χ1) is 14.3. The maximum Gasteiger partial charge on any atom is 0.258 e. The number of carbonyl (C=O) groups is 1. The molecule has 1 aliphatic rings. The van der Waals surface area contributed by atoms with Crippen molar-refractivity contribution in [3.63, 3.8) is 0 Å². The van der Waals surface area contributed by atoms with Gasteiger partial charge in [0.25, 0.3) is 5.91 Å². The molecule has 0 unspecified atom stereocenters. The number of anilines is 1. The van der Waals surface area contributed by atoms with E-state index in [4.69, 9.17) is 4.74 Å². The number of rotatable bonds is 6. The lowest BCUT2D eigenvalue weighted by Gasteiger charge is -2.26. The Morgan fingerprint density at radius 2 is 1.76 bits per heavy atom. The summed E-state index contributed by atoms with van der Waals surface area (Å²) < 4.78 is 5.39. The van der Waals surface area contributed by atoms with Crippen LogP contribution in [0.15, 0.2) is 82.8 Å². The van der Waals surface area contributed by atoms with Crippen LogP contribution in [0.5, 0.6) is 0 Å². The number of morpholine rings is 1. The van der Waals surface area contributed by atoms with Gasteiger partial charge in [-0.1, -0.05) is 42.1 Å². The van der Waals surface area contributed by atoms with Crippen LogP contribution < -0.4 is 5.32 Å². The first kappa shape index (κ1) is 19.6. The Hall–Kier alpha value is -2.67. The van der Waals surface area contributed by atoms with Gasteiger partial charge in [0.15, 0.2) is 0 Å². The van der Waals surface area contributed by atoms with E-state index >= 15 is 0 Å². The summed E-state index contributed by atoms with van der Waals surface area (Å²) >= 11 is 1.49. The number of aromatic nitrogens is 1. The van der Waals surface area contributed by atoms with Crippen molar-refractivity contribution >= 4 is 23.4 Å². The minimum absolute atomic E-state index is 0.155. The van der Waals surface area contributed by atoms with E-state index in [2.05, 4.69) is 27.3 Å². The van der Waals surface area contributed by atoms with Gasteiger partial charge < -0.3 is 10.1 Å². The molecular weight excluding hydrogens is 382 g/mol. The van der Waals surface area contributed by atoms with Gasteiger partial charge in [-0.25, -0.2) is 4.98 Å². The van der Waals surface area contributed by atoms with Gasteiger partial charge in [0.2, 0.25) is 0 Å². The molecule has 1 aliphatic heterocycles. The lowest BCUT2D eigenvalue weighted by molar-refractivity contribution is 0.0342. The van der Waals surface area contributed by atoms with Crippen molar-refractivity contribution < 1.29 is 9.53 Å². The molecular formula is C23H23N3O2S. The predicted octanol–water partition coefficient (Wildman–Crippen LogP) is 4.32. The fraction of sp³-hybridized carbons (Fsp3) is 0.217. The van der Waals surface area contributed by atoms with Crippen molar-refractivity contribution in [2.75, 3.05) is 31.6 Å². The minimum atomic E-state index is -0.155. The number of carbonyl (C=O) groups excluding carboxylic acids is 1. The second-order valence-corrected chi connectivity index (χ2v) is 7.87. The molecule has 5 nitrogen and oxygen atoms in total. The number of hydrogen-bond donors (Lipinski definition) is 1. The summed E-state index contributed by atoms with van der Waals surface area (Å²) in [5.74, 6) is -0.155. The Labute approximate surface area is 175 Å². The molecule has 3 aromatic rings. The molecule has 1 saturated heterocycles. The van der Waals surface area contributed by atoms with Crippen LogP contribution in [0, 0.1) is 0 Å². The summed E-state index contributed by atoms with van der Waals surface area (Å²) in [4.78, 5) is 20.7. The molecule has 0 bridgehead atoms. The number of benzene rings is 2. The highest BCUT2D eigenvalue weighted by molar-refractivity contribution is 7.99. The lowest BCUT2D eigenvalue weighted by Crippen LogP contribution is -2.35. The van der Waals surface area contributed by atoms with Crippen LogP contribution in [0.2, 0.25) is 0 Å². The van der Waals surface area contributed by atoms with Crippen LogP contribution in [-0.2, 0) is 11.3 Å². The summed E-state index contributed by atoms with van der Waals surface area (Å²) in [7, 11) is 0. The van der Waals surface area contributed by atoms with E-state index in [9.17, 15) is 4.79 Å². The molecule has 29 heavy (non-hydrogen) atoms. The summed E-state index contributed by atoms with van der Waals surface area (Å²) in [6.07, 6.45) is 1.71. The SMILES string of the molecule is O=C(Nc1ccc(CN2CCOCC2)cc1)c1cccnc1Sc1ccccc1. The van der Waals surface area contributed by atoms with Gasteiger partial charge in [-0.05, 0) is 42.0 Å². The van der Waals surface area contributed by atoms with Crippen molar-refractivity contribution in [3.8, 4) is 0 Å². The molecule has 1 N–H and O–H groups in total. The maximum atomic E-state index is 12.8. The highest BCUT2D eigenvalue weighted by Gasteiger charge is 2.14. The van der Waals surface area contributed by atoms with Crippen LogP contribution in [0.1, 0.15) is 15.9 Å². The summed E-state index contributed by atoms with van der Waals surface area (Å²) in [5, 5.41) is 3.68. The number of nitrogens with one attached hydrogen (secondary N) is 1. The third-order valence-electron chi connectivity index (χ3n) is 4.70. The lowest BCUT2D eigenvalue weighted by atomic mass is 10.2. The molecule has 0 atom stereocenters. The number of amides is 1. The summed E-state index contributed by atoms with van der Waals surface area (Å²) in [5.41, 5.74) is 2.57. The zero-order valence-corrected chi connectivity index (χ0v) is 16.9. The summed E-state index contributed by atoms with van der Waals surface area (Å²) in [6, 6.07) is 21.6. The summed E-state index contributed by atoms with van der Waals surface area (Å²) in [6.45, 7) is 4.41. The fourth-order valence-corrected chi connectivity index (χ4v) is 4.06. The average Bonchev–Trinajstić information content (AvgIpc) is 2.77. The van der Waals surface area contributed by atoms with Crippen LogP contribution >= 0.6 is 11.8 Å². The number of hydrogen-bond acceptors (Lipinski definition) is 5. The van der Waals surface area contributed by atoms with E-state index < -0.39 is 0 Å². The largest absolute Gasteiger partial charge is 0.379 e. The average molecular weight is 406 g/mol. The number of nitrogens with zero attached hydrogens (tertiary/aromatic N) is 2. The van der Waals surface area contributed by atoms with Gasteiger partial charge in [-0.2, -0.15) is 0 Å². The number of ether oxygens (including phenoxy) is 1. The Bertz CT molecular complexity index is 942. The van der Waals surface area contributed by atoms with E-state index in [1.54, 1.807) is 18.3 Å². The van der Waals surface area contributed by atoms with Gasteiger partial charge in [0, 0.05) is 36.4 Å². The second-order valence-electron chi connectivity index (χ2n) is 6.81. The molecule has 2 heterocycles. The molecule has 0 aliphatic carbocycles. The highest BCUT2D eigenvalue weighted by atomic mass is 32.2. The third-order valence-corrected chi connectivity index (χ3v) is 5.72. The van der Waals surface area contributed by atoms with Gasteiger partial charge in [-0.15, -0.1) is 0 Å². The molecule has 148 valence electrons. The van der Waals surface area contributed by atoms with Crippen LogP contribution in [0.25, 0.3) is 0 Å². The van der Waals surface area contributed by atoms with E-state index in [-0.39, 0.29) is 5.91 Å². The van der Waals surface area contributed by atoms with Gasteiger partial charge in [0.05, 0.1) is 18.8 Å². The highest BCUT2D eigenvalue weighted by Crippen LogP contribution is 2.28. The zero-order chi connectivity index (χ0) is 19.9. The normalized spacial score (nSPS) is 14.5. The van der Waals surface area contributed by atoms with Crippen molar-refractivity contribution in [2.45, 2.75) is 16.5 Å². The Balaban J connectivity index is 1.41. The van der Waals surface area contributed by atoms with E-state index in [1.165, 1.54) is 17.3 Å². The molecule has 1 fully saturated rings. The Morgan fingerprint density at radius 3 is 2.52 bits per heavy atom. The third kappa shape index (κ3) is 5.44. The van der Waals surface area contributed by atoms with Crippen LogP contribution in [0.3, 0.4) is 0 Å². The molecule has 0 spiro atoms. The fourth-order valence-electron chi connectivity index (χ4n) is 3.15. The van der Waals surface area contributed by atoms with Crippen molar-refractivity contribution in [1.82, 2.24) is 9.88 Å². The molecule has 0 radical (unpaired) electrons. The first-order valence-electron chi connectivity index (χ1n) is 9.66. The van der Waals surface area contributed by atoms with Gasteiger partial charge >= 0.3 is 0 Å². The van der Waals surface area contributed by atoms with Crippen LogP contribution in [-0.4, -0.2) is 42.1 Å². The number of pyridine rings is 1. The van der Waals surface area contributed by atoms with E-state index in [1.807, 2.05) is 42.5 Å². The minimum Gasteiger partial charge on any atom is -0.379 e. The standard InChI is InChI=1S/C23H23N3O2S/c27-22(21-7-4-12-24-23(21)29-20-5-2-1-3-6-20)25-19-10-8-18(9-11-19)17-26-13-15-28-16-14-26/h1-12H,13-17H2,(H,25,27). The van der Waals surface area contributed by atoms with Crippen molar-refractivity contribution in [1.29, 1.82) is 0 Å². The quantitative estimate of drug-likeness (QED) is 0.662. The molecule has 6 heteroatoms. The molecule has 2 aromatic carbocycles. The topological polar surface area (TPSA) is 54.5 Å². The van der Waals surface area contributed by atoms with Crippen molar-refractivity contribution in [2.24, 2.45) is 0 Å². The smallest absolute Gasteiger partial charge is 0.258 e. The molecule has 1 amide bonds. The van der Waals surface area contributed by atoms with E-state index in [0.717, 1.165) is 43.4 Å². The maximum absolute atomic E-state index is 12.8. The van der Waals surface area contributed by atoms with Gasteiger partial charge in [-0.3, -0.25) is 9.69 Å². The molecule has 4 rings (SSSR count). The van der Waals surface area contributed by atoms with Crippen LogP contribution in [0.4, 0.5) is 5.69 Å². The monoisotopic (exact) mass is 405 g/mol. The van der Waals surface area contributed by atoms with Crippen molar-refractivity contribution in [3.05, 3.63) is 84.1 Å². The molecule has 1 aromatic heterocycles. The predicted molar refractivity (Wildman–Crippen MR) is 115 cm³/mol. The van der Waals surface area contributed by atoms with Gasteiger partial charge in [0.1, 0.15) is 5.03 Å². The second kappa shape index (κ2) is 9.69. The zero-order valence-electron chi connectivity index (χ0n) is 16.1. The molecule has 0 saturated carbocycles. The Kier molecular flexibility index (Phi) is 6.56. The van der Waals surface area contributed by atoms with E-state index in [0.29, 0.717) is 10.6 Å². The first-order valence-corrected chi connectivity index (χ1v) is 10.5. The Morgan fingerprint density at radius 1 is 1.00 bits per heavy atom.